The normalized spacial score (nSPS) is 11.9. The van der Waals surface area contributed by atoms with Gasteiger partial charge in [0.15, 0.2) is 0 Å². The molecule has 0 saturated carbocycles. The van der Waals surface area contributed by atoms with E-state index in [1.807, 2.05) is 31.2 Å². The van der Waals surface area contributed by atoms with Crippen LogP contribution >= 0.6 is 24.0 Å². The van der Waals surface area contributed by atoms with Gasteiger partial charge in [0.1, 0.15) is 0 Å². The molecule has 1 nitrogen and oxygen atoms in total. The van der Waals surface area contributed by atoms with Crippen LogP contribution in [0.2, 0.25) is 5.02 Å². The van der Waals surface area contributed by atoms with Crippen molar-refractivity contribution in [1.82, 2.24) is 0 Å². The van der Waals surface area contributed by atoms with Gasteiger partial charge in [-0.25, -0.2) is 0 Å². The summed E-state index contributed by atoms with van der Waals surface area (Å²) in [5.74, 6) is 0. The van der Waals surface area contributed by atoms with E-state index in [1.165, 1.54) is 0 Å². The van der Waals surface area contributed by atoms with Crippen LogP contribution < -0.4 is 5.73 Å². The second kappa shape index (κ2) is 4.60. The van der Waals surface area contributed by atoms with E-state index < -0.39 is 0 Å². The number of nitrogens with two attached hydrogens (primary N) is 1. The van der Waals surface area contributed by atoms with Crippen LogP contribution in [0.1, 0.15) is 18.5 Å². The average molecular weight is 192 g/mol. The Labute approximate surface area is 78.0 Å². The quantitative estimate of drug-likeness (QED) is 0.727. The van der Waals surface area contributed by atoms with E-state index in [1.54, 1.807) is 0 Å². The summed E-state index contributed by atoms with van der Waals surface area (Å²) in [6, 6.07) is 7.66. The third kappa shape index (κ3) is 3.10. The lowest BCUT2D eigenvalue weighted by Crippen LogP contribution is -2.04. The van der Waals surface area contributed by atoms with Crippen LogP contribution in [0.5, 0.6) is 0 Å². The molecule has 0 bridgehead atoms. The summed E-state index contributed by atoms with van der Waals surface area (Å²) >= 11 is 5.73. The van der Waals surface area contributed by atoms with Crippen LogP contribution in [0.25, 0.3) is 0 Å². The molecule has 3 heteroatoms. The van der Waals surface area contributed by atoms with Crippen molar-refractivity contribution in [2.75, 3.05) is 0 Å². The molecule has 0 amide bonds. The molecular formula is C8H11Cl2N. The maximum atomic E-state index is 5.73. The van der Waals surface area contributed by atoms with Crippen LogP contribution in [0.3, 0.4) is 0 Å². The van der Waals surface area contributed by atoms with Crippen molar-refractivity contribution in [2.24, 2.45) is 5.73 Å². The van der Waals surface area contributed by atoms with Crippen molar-refractivity contribution >= 4 is 24.0 Å². The molecule has 0 aliphatic rings. The fraction of sp³-hybridized carbons (Fsp3) is 0.250. The Morgan fingerprint density at radius 3 is 2.45 bits per heavy atom. The standard InChI is InChI=1S/C8H10ClN.ClH/c1-6(10)7-3-2-4-8(9)5-7;/h2-6H,10H2,1H3;1H. The van der Waals surface area contributed by atoms with Gasteiger partial charge in [0.2, 0.25) is 0 Å². The monoisotopic (exact) mass is 191 g/mol. The lowest BCUT2D eigenvalue weighted by molar-refractivity contribution is 0.818. The Morgan fingerprint density at radius 1 is 1.45 bits per heavy atom. The SMILES string of the molecule is CC(N)c1cccc(Cl)c1.Cl. The van der Waals surface area contributed by atoms with Gasteiger partial charge in [0, 0.05) is 11.1 Å². The van der Waals surface area contributed by atoms with Crippen LogP contribution in [0, 0.1) is 0 Å². The molecule has 1 atom stereocenters. The molecule has 0 heterocycles. The minimum atomic E-state index is 0. The molecular weight excluding hydrogens is 181 g/mol. The maximum absolute atomic E-state index is 5.73. The van der Waals surface area contributed by atoms with E-state index in [0.717, 1.165) is 10.6 Å². The van der Waals surface area contributed by atoms with Gasteiger partial charge in [-0.3, -0.25) is 0 Å². The van der Waals surface area contributed by atoms with E-state index in [2.05, 4.69) is 0 Å². The molecule has 2 N–H and O–H groups in total. The molecule has 62 valence electrons. The van der Waals surface area contributed by atoms with Crippen molar-refractivity contribution in [3.63, 3.8) is 0 Å². The first kappa shape index (κ1) is 10.8. The molecule has 1 unspecified atom stereocenters. The van der Waals surface area contributed by atoms with E-state index in [4.69, 9.17) is 17.3 Å². The highest BCUT2D eigenvalue weighted by Gasteiger charge is 1.97. The van der Waals surface area contributed by atoms with Gasteiger partial charge >= 0.3 is 0 Å². The van der Waals surface area contributed by atoms with Gasteiger partial charge in [-0.15, -0.1) is 12.4 Å². The van der Waals surface area contributed by atoms with Crippen molar-refractivity contribution in [1.29, 1.82) is 0 Å². The Bertz CT molecular complexity index is 223. The molecule has 1 aromatic rings. The lowest BCUT2D eigenvalue weighted by Gasteiger charge is -2.03. The second-order valence-electron chi connectivity index (χ2n) is 2.34. The van der Waals surface area contributed by atoms with Crippen LogP contribution in [0.4, 0.5) is 0 Å². The first-order valence-electron chi connectivity index (χ1n) is 3.21. The Morgan fingerprint density at radius 2 is 2.09 bits per heavy atom. The van der Waals surface area contributed by atoms with E-state index in [-0.39, 0.29) is 18.4 Å². The minimum Gasteiger partial charge on any atom is -0.324 e. The van der Waals surface area contributed by atoms with Crippen LogP contribution in [-0.4, -0.2) is 0 Å². The third-order valence-corrected chi connectivity index (χ3v) is 1.61. The van der Waals surface area contributed by atoms with E-state index in [0.29, 0.717) is 0 Å². The fourth-order valence-corrected chi connectivity index (χ4v) is 0.989. The molecule has 0 saturated heterocycles. The molecule has 0 aliphatic carbocycles. The predicted octanol–water partition coefficient (Wildman–Crippen LogP) is 2.78. The highest BCUT2D eigenvalue weighted by atomic mass is 35.5. The van der Waals surface area contributed by atoms with Crippen molar-refractivity contribution in [3.8, 4) is 0 Å². The lowest BCUT2D eigenvalue weighted by atomic mass is 10.1. The molecule has 0 spiro atoms. The molecule has 0 aromatic heterocycles. The second-order valence-corrected chi connectivity index (χ2v) is 2.78. The largest absolute Gasteiger partial charge is 0.324 e. The number of halogens is 2. The highest BCUT2D eigenvalue weighted by Crippen LogP contribution is 2.14. The molecule has 0 aliphatic heterocycles. The summed E-state index contributed by atoms with van der Waals surface area (Å²) in [7, 11) is 0. The Hall–Kier alpha value is -0.240. The van der Waals surface area contributed by atoms with Crippen molar-refractivity contribution < 1.29 is 0 Å². The summed E-state index contributed by atoms with van der Waals surface area (Å²) in [6.07, 6.45) is 0. The smallest absolute Gasteiger partial charge is 0.0409 e. The van der Waals surface area contributed by atoms with Gasteiger partial charge in [-0.2, -0.15) is 0 Å². The molecule has 1 rings (SSSR count). The molecule has 11 heavy (non-hydrogen) atoms. The molecule has 0 fully saturated rings. The summed E-state index contributed by atoms with van der Waals surface area (Å²) < 4.78 is 0. The summed E-state index contributed by atoms with van der Waals surface area (Å²) in [4.78, 5) is 0. The zero-order valence-electron chi connectivity index (χ0n) is 6.25. The van der Waals surface area contributed by atoms with Crippen molar-refractivity contribution in [2.45, 2.75) is 13.0 Å². The van der Waals surface area contributed by atoms with Crippen molar-refractivity contribution in [3.05, 3.63) is 34.9 Å². The van der Waals surface area contributed by atoms with Gasteiger partial charge in [-0.1, -0.05) is 23.7 Å². The summed E-state index contributed by atoms with van der Waals surface area (Å²) in [5.41, 5.74) is 6.70. The predicted molar refractivity (Wildman–Crippen MR) is 51.3 cm³/mol. The Balaban J connectivity index is 0.000001000. The summed E-state index contributed by atoms with van der Waals surface area (Å²) in [6.45, 7) is 1.94. The zero-order chi connectivity index (χ0) is 7.56. The van der Waals surface area contributed by atoms with E-state index in [9.17, 15) is 0 Å². The molecule has 0 radical (unpaired) electrons. The van der Waals surface area contributed by atoms with Crippen LogP contribution in [0.15, 0.2) is 24.3 Å². The molecule has 1 aromatic carbocycles. The highest BCUT2D eigenvalue weighted by molar-refractivity contribution is 6.30. The number of hydrogen-bond donors (Lipinski definition) is 1. The average Bonchev–Trinajstić information content (AvgIpc) is 1.88. The number of rotatable bonds is 1. The fourth-order valence-electron chi connectivity index (χ4n) is 0.790. The first-order chi connectivity index (χ1) is 4.70. The van der Waals surface area contributed by atoms with Gasteiger partial charge < -0.3 is 5.73 Å². The number of benzene rings is 1. The zero-order valence-corrected chi connectivity index (χ0v) is 7.82. The third-order valence-electron chi connectivity index (χ3n) is 1.37. The van der Waals surface area contributed by atoms with Gasteiger partial charge in [-0.05, 0) is 24.6 Å². The topological polar surface area (TPSA) is 26.0 Å². The van der Waals surface area contributed by atoms with E-state index >= 15 is 0 Å². The summed E-state index contributed by atoms with van der Waals surface area (Å²) in [5, 5.41) is 0.745. The first-order valence-corrected chi connectivity index (χ1v) is 3.59. The minimum absolute atomic E-state index is 0. The van der Waals surface area contributed by atoms with Gasteiger partial charge in [0.25, 0.3) is 0 Å². The van der Waals surface area contributed by atoms with Crippen LogP contribution in [-0.2, 0) is 0 Å². The number of hydrogen-bond acceptors (Lipinski definition) is 1. The Kier molecular flexibility index (Phi) is 4.50. The van der Waals surface area contributed by atoms with Gasteiger partial charge in [0.05, 0.1) is 0 Å². The maximum Gasteiger partial charge on any atom is 0.0409 e.